The van der Waals surface area contributed by atoms with Crippen molar-refractivity contribution in [3.63, 3.8) is 0 Å². The molecule has 0 amide bonds. The third-order valence-corrected chi connectivity index (χ3v) is 3.21. The number of rotatable bonds is 10. The highest BCUT2D eigenvalue weighted by Gasteiger charge is 2.04. The van der Waals surface area contributed by atoms with Gasteiger partial charge in [0.2, 0.25) is 0 Å². The van der Waals surface area contributed by atoms with E-state index in [1.54, 1.807) is 0 Å². The van der Waals surface area contributed by atoms with Gasteiger partial charge in [0.1, 0.15) is 0 Å². The lowest BCUT2D eigenvalue weighted by molar-refractivity contribution is 0.295. The molecule has 20 heavy (non-hydrogen) atoms. The van der Waals surface area contributed by atoms with Gasteiger partial charge >= 0.3 is 0 Å². The van der Waals surface area contributed by atoms with E-state index in [0.29, 0.717) is 5.92 Å². The van der Waals surface area contributed by atoms with Crippen molar-refractivity contribution in [1.82, 2.24) is 10.2 Å². The first-order valence-corrected chi connectivity index (χ1v) is 7.77. The molecule has 0 saturated carbocycles. The average molecular weight is 274 g/mol. The van der Waals surface area contributed by atoms with E-state index in [0.717, 1.165) is 32.7 Å². The average Bonchev–Trinajstić information content (AvgIpc) is 2.39. The molecule has 0 aliphatic carbocycles. The summed E-state index contributed by atoms with van der Waals surface area (Å²) < 4.78 is 0. The Labute approximate surface area is 124 Å². The van der Waals surface area contributed by atoms with Crippen LogP contribution in [0, 0.1) is 5.92 Å². The Kier molecular flexibility index (Phi) is 8.24. The van der Waals surface area contributed by atoms with Gasteiger partial charge in [-0.2, -0.15) is 0 Å². The SMILES string of the molecule is C=CCN(CCC)Cc1cccc(CNCC(C)C)c1. The van der Waals surface area contributed by atoms with Gasteiger partial charge < -0.3 is 5.32 Å². The van der Waals surface area contributed by atoms with E-state index in [-0.39, 0.29) is 0 Å². The van der Waals surface area contributed by atoms with Crippen molar-refractivity contribution >= 4 is 0 Å². The molecular formula is C18H30N2. The van der Waals surface area contributed by atoms with E-state index in [1.165, 1.54) is 17.5 Å². The molecule has 2 nitrogen and oxygen atoms in total. The molecule has 0 fully saturated rings. The molecule has 0 bridgehead atoms. The van der Waals surface area contributed by atoms with Crippen LogP contribution < -0.4 is 5.32 Å². The largest absolute Gasteiger partial charge is 0.312 e. The minimum Gasteiger partial charge on any atom is -0.312 e. The first-order valence-electron chi connectivity index (χ1n) is 7.77. The van der Waals surface area contributed by atoms with Crippen molar-refractivity contribution in [3.05, 3.63) is 48.0 Å². The van der Waals surface area contributed by atoms with Gasteiger partial charge in [-0.25, -0.2) is 0 Å². The van der Waals surface area contributed by atoms with Crippen LogP contribution in [-0.2, 0) is 13.1 Å². The summed E-state index contributed by atoms with van der Waals surface area (Å²) in [6.07, 6.45) is 3.17. The quantitative estimate of drug-likeness (QED) is 0.652. The molecule has 112 valence electrons. The summed E-state index contributed by atoms with van der Waals surface area (Å²) in [5.74, 6) is 0.700. The zero-order valence-corrected chi connectivity index (χ0v) is 13.4. The van der Waals surface area contributed by atoms with Crippen molar-refractivity contribution in [1.29, 1.82) is 0 Å². The van der Waals surface area contributed by atoms with Crippen LogP contribution in [0.2, 0.25) is 0 Å². The molecule has 1 aromatic carbocycles. The van der Waals surface area contributed by atoms with Gasteiger partial charge in [0, 0.05) is 19.6 Å². The molecule has 0 heterocycles. The van der Waals surface area contributed by atoms with Crippen LogP contribution in [0.25, 0.3) is 0 Å². The number of benzene rings is 1. The number of hydrogen-bond donors (Lipinski definition) is 1. The van der Waals surface area contributed by atoms with E-state index in [2.05, 4.69) is 61.8 Å². The maximum absolute atomic E-state index is 3.85. The summed E-state index contributed by atoms with van der Waals surface area (Å²) in [5.41, 5.74) is 2.77. The van der Waals surface area contributed by atoms with E-state index < -0.39 is 0 Å². The summed E-state index contributed by atoms with van der Waals surface area (Å²) in [6, 6.07) is 8.91. The Morgan fingerprint density at radius 3 is 2.70 bits per heavy atom. The Morgan fingerprint density at radius 1 is 1.30 bits per heavy atom. The van der Waals surface area contributed by atoms with Gasteiger partial charge in [-0.05, 0) is 36.6 Å². The van der Waals surface area contributed by atoms with Crippen LogP contribution in [0.15, 0.2) is 36.9 Å². The van der Waals surface area contributed by atoms with E-state index in [9.17, 15) is 0 Å². The summed E-state index contributed by atoms with van der Waals surface area (Å²) in [4.78, 5) is 2.44. The molecule has 0 aromatic heterocycles. The predicted octanol–water partition coefficient (Wildman–Crippen LogP) is 3.83. The summed E-state index contributed by atoms with van der Waals surface area (Å²) in [7, 11) is 0. The minimum atomic E-state index is 0.700. The fourth-order valence-corrected chi connectivity index (χ4v) is 2.34. The van der Waals surface area contributed by atoms with Crippen molar-refractivity contribution in [2.24, 2.45) is 5.92 Å². The van der Waals surface area contributed by atoms with Crippen LogP contribution in [0.3, 0.4) is 0 Å². The second-order valence-electron chi connectivity index (χ2n) is 5.87. The van der Waals surface area contributed by atoms with Crippen LogP contribution in [-0.4, -0.2) is 24.5 Å². The van der Waals surface area contributed by atoms with Crippen molar-refractivity contribution < 1.29 is 0 Å². The van der Waals surface area contributed by atoms with Crippen molar-refractivity contribution in [3.8, 4) is 0 Å². The Bertz CT molecular complexity index is 385. The zero-order chi connectivity index (χ0) is 14.8. The third kappa shape index (κ3) is 6.88. The summed E-state index contributed by atoms with van der Waals surface area (Å²) >= 11 is 0. The number of nitrogens with one attached hydrogen (secondary N) is 1. The maximum Gasteiger partial charge on any atom is 0.0237 e. The van der Waals surface area contributed by atoms with Gasteiger partial charge in [-0.1, -0.05) is 51.1 Å². The lowest BCUT2D eigenvalue weighted by Gasteiger charge is -2.20. The Hall–Kier alpha value is -1.12. The second-order valence-corrected chi connectivity index (χ2v) is 5.87. The van der Waals surface area contributed by atoms with E-state index in [1.807, 2.05) is 6.08 Å². The molecule has 0 unspecified atom stereocenters. The third-order valence-electron chi connectivity index (χ3n) is 3.21. The van der Waals surface area contributed by atoms with Crippen molar-refractivity contribution in [2.45, 2.75) is 40.3 Å². The van der Waals surface area contributed by atoms with Crippen molar-refractivity contribution in [2.75, 3.05) is 19.6 Å². The molecular weight excluding hydrogens is 244 g/mol. The van der Waals surface area contributed by atoms with Crippen LogP contribution >= 0.6 is 0 Å². The number of hydrogen-bond acceptors (Lipinski definition) is 2. The molecule has 2 heteroatoms. The lowest BCUT2D eigenvalue weighted by atomic mass is 10.1. The lowest BCUT2D eigenvalue weighted by Crippen LogP contribution is -2.24. The standard InChI is InChI=1S/C18H30N2/c1-5-10-20(11-6-2)15-18-9-7-8-17(12-18)14-19-13-16(3)4/h5,7-9,12,16,19H,1,6,10-11,13-15H2,2-4H3. The zero-order valence-electron chi connectivity index (χ0n) is 13.4. The van der Waals surface area contributed by atoms with Crippen LogP contribution in [0.4, 0.5) is 0 Å². The molecule has 0 atom stereocenters. The van der Waals surface area contributed by atoms with Gasteiger partial charge in [0.05, 0.1) is 0 Å². The first kappa shape index (κ1) is 16.9. The second kappa shape index (κ2) is 9.73. The van der Waals surface area contributed by atoms with E-state index >= 15 is 0 Å². The predicted molar refractivity (Wildman–Crippen MR) is 88.8 cm³/mol. The monoisotopic (exact) mass is 274 g/mol. The van der Waals surface area contributed by atoms with Gasteiger partial charge in [-0.3, -0.25) is 4.90 Å². The van der Waals surface area contributed by atoms with E-state index in [4.69, 9.17) is 0 Å². The van der Waals surface area contributed by atoms with Gasteiger partial charge in [-0.15, -0.1) is 6.58 Å². The fourth-order valence-electron chi connectivity index (χ4n) is 2.34. The normalized spacial score (nSPS) is 11.2. The molecule has 0 saturated heterocycles. The van der Waals surface area contributed by atoms with Crippen LogP contribution in [0.1, 0.15) is 38.3 Å². The summed E-state index contributed by atoms with van der Waals surface area (Å²) in [6.45, 7) is 15.7. The molecule has 1 N–H and O–H groups in total. The fraction of sp³-hybridized carbons (Fsp3) is 0.556. The first-order chi connectivity index (χ1) is 9.65. The number of nitrogens with zero attached hydrogens (tertiary/aromatic N) is 1. The molecule has 0 aliphatic heterocycles. The highest BCUT2D eigenvalue weighted by molar-refractivity contribution is 5.23. The Balaban J connectivity index is 2.55. The molecule has 0 radical (unpaired) electrons. The minimum absolute atomic E-state index is 0.700. The van der Waals surface area contributed by atoms with Crippen LogP contribution in [0.5, 0.6) is 0 Å². The van der Waals surface area contributed by atoms with Gasteiger partial charge in [0.15, 0.2) is 0 Å². The Morgan fingerprint density at radius 2 is 2.05 bits per heavy atom. The highest BCUT2D eigenvalue weighted by Crippen LogP contribution is 2.09. The highest BCUT2D eigenvalue weighted by atomic mass is 15.1. The van der Waals surface area contributed by atoms with Gasteiger partial charge in [0.25, 0.3) is 0 Å². The smallest absolute Gasteiger partial charge is 0.0237 e. The summed E-state index contributed by atoms with van der Waals surface area (Å²) in [5, 5.41) is 3.50. The molecule has 0 spiro atoms. The topological polar surface area (TPSA) is 15.3 Å². The molecule has 0 aliphatic rings. The maximum atomic E-state index is 3.85. The molecule has 1 rings (SSSR count). The molecule has 1 aromatic rings.